The molecule has 0 bridgehead atoms. The van der Waals surface area contributed by atoms with Gasteiger partial charge in [0, 0.05) is 46.8 Å². The summed E-state index contributed by atoms with van der Waals surface area (Å²) in [5.41, 5.74) is 8.64. The topological polar surface area (TPSA) is 79.8 Å². The zero-order valence-corrected chi connectivity index (χ0v) is 21.5. The maximum absolute atomic E-state index is 9.80. The number of aromatic amines is 1. The van der Waals surface area contributed by atoms with Crippen LogP contribution in [0, 0.1) is 25.2 Å². The zero-order valence-electron chi connectivity index (χ0n) is 21.5. The molecule has 0 unspecified atom stereocenters. The molecule has 184 valence electrons. The lowest BCUT2D eigenvalue weighted by molar-refractivity contribution is 0.394. The van der Waals surface area contributed by atoms with Crippen LogP contribution in [0.15, 0.2) is 54.9 Å². The summed E-state index contributed by atoms with van der Waals surface area (Å²) in [6, 6.07) is 17.0. The van der Waals surface area contributed by atoms with E-state index in [1.165, 1.54) is 5.56 Å². The number of anilines is 2. The summed E-state index contributed by atoms with van der Waals surface area (Å²) < 4.78 is 0. The lowest BCUT2D eigenvalue weighted by Crippen LogP contribution is -2.20. The van der Waals surface area contributed by atoms with Crippen molar-refractivity contribution in [3.8, 4) is 6.07 Å². The fourth-order valence-corrected chi connectivity index (χ4v) is 4.28. The van der Waals surface area contributed by atoms with Crippen LogP contribution in [0.4, 0.5) is 11.4 Å². The number of hydrogen-bond acceptors (Lipinski definition) is 5. The second kappa shape index (κ2) is 11.7. The van der Waals surface area contributed by atoms with E-state index in [1.54, 1.807) is 6.20 Å². The molecule has 0 spiro atoms. The Morgan fingerprint density at radius 2 is 1.86 bits per heavy atom. The number of nitrogens with one attached hydrogen (secondary N) is 3. The molecule has 0 saturated carbocycles. The third-order valence-electron chi connectivity index (χ3n) is 6.41. The van der Waals surface area contributed by atoms with Crippen LogP contribution in [0.25, 0.3) is 23.1 Å². The molecule has 0 atom stereocenters. The number of fused-ring (bicyclic) bond motifs is 1. The first-order chi connectivity index (χ1) is 17.5. The highest BCUT2D eigenvalue weighted by molar-refractivity contribution is 5.90. The van der Waals surface area contributed by atoms with Crippen LogP contribution in [0.1, 0.15) is 39.9 Å². The van der Waals surface area contributed by atoms with E-state index in [0.29, 0.717) is 5.56 Å². The molecule has 0 saturated heterocycles. The first-order valence-electron chi connectivity index (χ1n) is 12.3. The third kappa shape index (κ3) is 6.01. The molecule has 36 heavy (non-hydrogen) atoms. The molecule has 0 aliphatic rings. The Morgan fingerprint density at radius 3 is 2.61 bits per heavy atom. The van der Waals surface area contributed by atoms with Gasteiger partial charge in [0.25, 0.3) is 0 Å². The Bertz CT molecular complexity index is 1390. The molecule has 0 fully saturated rings. The van der Waals surface area contributed by atoms with E-state index < -0.39 is 0 Å². The van der Waals surface area contributed by atoms with Crippen molar-refractivity contribution >= 4 is 34.4 Å². The maximum Gasteiger partial charge on any atom is 0.103 e. The minimum atomic E-state index is 0.518. The number of pyridine rings is 1. The molecule has 4 rings (SSSR count). The van der Waals surface area contributed by atoms with Crippen LogP contribution in [-0.2, 0) is 6.54 Å². The molecular weight excluding hydrogens is 444 g/mol. The normalized spacial score (nSPS) is 11.4. The second-order valence-corrected chi connectivity index (χ2v) is 9.37. The minimum absolute atomic E-state index is 0.518. The number of nitrogens with zero attached hydrogens (tertiary/aromatic N) is 3. The highest BCUT2D eigenvalue weighted by atomic mass is 15.1. The van der Waals surface area contributed by atoms with Crippen molar-refractivity contribution in [2.75, 3.05) is 32.5 Å². The van der Waals surface area contributed by atoms with Gasteiger partial charge in [-0.25, -0.2) is 0 Å². The van der Waals surface area contributed by atoms with E-state index >= 15 is 0 Å². The molecule has 0 amide bonds. The van der Waals surface area contributed by atoms with Gasteiger partial charge in [0.15, 0.2) is 0 Å². The Hall–Kier alpha value is -3.92. The Morgan fingerprint density at radius 1 is 1.06 bits per heavy atom. The lowest BCUT2D eigenvalue weighted by atomic mass is 10.0. The van der Waals surface area contributed by atoms with E-state index in [2.05, 4.69) is 95.1 Å². The summed E-state index contributed by atoms with van der Waals surface area (Å²) in [6.45, 7) is 7.03. The van der Waals surface area contributed by atoms with Gasteiger partial charge in [-0.2, -0.15) is 5.26 Å². The summed E-state index contributed by atoms with van der Waals surface area (Å²) in [6.07, 6.45) is 8.84. The van der Waals surface area contributed by atoms with Crippen molar-refractivity contribution in [1.29, 1.82) is 5.26 Å². The predicted octanol–water partition coefficient (Wildman–Crippen LogP) is 6.01. The Balaban J connectivity index is 1.52. The number of benzene rings is 2. The van der Waals surface area contributed by atoms with Gasteiger partial charge in [0.2, 0.25) is 0 Å². The van der Waals surface area contributed by atoms with Crippen LogP contribution >= 0.6 is 0 Å². The standard InChI is InChI=1S/C30H34N6/c1-21-26-14-16-33-29(26)13-12-28(21)35-30-25(18-31)20-34-22(2)27(30)11-10-23-6-8-24(9-7-23)19-32-15-5-17-36(3)4/h6-14,16,20,32-33H,5,15,17,19H2,1-4H3,(H,34,35)/b11-10+. The molecule has 3 N–H and O–H groups in total. The van der Waals surface area contributed by atoms with Gasteiger partial charge in [-0.05, 0) is 82.3 Å². The smallest absolute Gasteiger partial charge is 0.103 e. The van der Waals surface area contributed by atoms with E-state index in [4.69, 9.17) is 0 Å². The molecule has 4 aromatic rings. The van der Waals surface area contributed by atoms with Gasteiger partial charge in [-0.1, -0.05) is 36.4 Å². The fraction of sp³-hybridized carbons (Fsp3) is 0.267. The first-order valence-corrected chi connectivity index (χ1v) is 12.3. The number of aryl methyl sites for hydroxylation is 2. The van der Waals surface area contributed by atoms with E-state index in [9.17, 15) is 5.26 Å². The monoisotopic (exact) mass is 478 g/mol. The second-order valence-electron chi connectivity index (χ2n) is 9.37. The SMILES string of the molecule is Cc1ncc(C#N)c(Nc2ccc3[nH]ccc3c2C)c1/C=C/c1ccc(CNCCCN(C)C)cc1. The average molecular weight is 479 g/mol. The van der Waals surface area contributed by atoms with E-state index in [-0.39, 0.29) is 0 Å². The van der Waals surface area contributed by atoms with Gasteiger partial charge in [-0.15, -0.1) is 0 Å². The predicted molar refractivity (Wildman–Crippen MR) is 150 cm³/mol. The van der Waals surface area contributed by atoms with Gasteiger partial charge >= 0.3 is 0 Å². The van der Waals surface area contributed by atoms with Crippen LogP contribution < -0.4 is 10.6 Å². The van der Waals surface area contributed by atoms with Crippen molar-refractivity contribution in [2.24, 2.45) is 0 Å². The van der Waals surface area contributed by atoms with Crippen molar-refractivity contribution < 1.29 is 0 Å². The maximum atomic E-state index is 9.80. The summed E-state index contributed by atoms with van der Waals surface area (Å²) in [5, 5.41) is 18.0. The average Bonchev–Trinajstić information content (AvgIpc) is 3.36. The van der Waals surface area contributed by atoms with Crippen molar-refractivity contribution in [1.82, 2.24) is 20.2 Å². The van der Waals surface area contributed by atoms with Crippen LogP contribution in [0.2, 0.25) is 0 Å². The summed E-state index contributed by atoms with van der Waals surface area (Å²) >= 11 is 0. The molecule has 0 aliphatic carbocycles. The minimum Gasteiger partial charge on any atom is -0.361 e. The molecule has 2 heterocycles. The van der Waals surface area contributed by atoms with Crippen LogP contribution in [0.3, 0.4) is 0 Å². The molecule has 0 radical (unpaired) electrons. The van der Waals surface area contributed by atoms with Gasteiger partial charge in [0.05, 0.1) is 11.3 Å². The molecule has 6 heteroatoms. The summed E-state index contributed by atoms with van der Waals surface area (Å²) in [5.74, 6) is 0. The summed E-state index contributed by atoms with van der Waals surface area (Å²) in [7, 11) is 4.20. The van der Waals surface area contributed by atoms with E-state index in [0.717, 1.165) is 70.7 Å². The first kappa shape index (κ1) is 25.2. The van der Waals surface area contributed by atoms with Crippen molar-refractivity contribution in [3.05, 3.63) is 88.4 Å². The van der Waals surface area contributed by atoms with E-state index in [1.807, 2.05) is 25.3 Å². The van der Waals surface area contributed by atoms with Crippen molar-refractivity contribution in [2.45, 2.75) is 26.8 Å². The Labute approximate surface area is 213 Å². The number of rotatable bonds is 10. The molecule has 2 aromatic heterocycles. The lowest BCUT2D eigenvalue weighted by Gasteiger charge is -2.16. The third-order valence-corrected chi connectivity index (χ3v) is 6.41. The fourth-order valence-electron chi connectivity index (χ4n) is 4.28. The largest absolute Gasteiger partial charge is 0.361 e. The molecular formula is C30H34N6. The number of hydrogen-bond donors (Lipinski definition) is 3. The van der Waals surface area contributed by atoms with Gasteiger partial charge in [-0.3, -0.25) is 4.98 Å². The summed E-state index contributed by atoms with van der Waals surface area (Å²) in [4.78, 5) is 9.93. The number of aromatic nitrogens is 2. The highest BCUT2D eigenvalue weighted by Crippen LogP contribution is 2.32. The molecule has 2 aromatic carbocycles. The zero-order chi connectivity index (χ0) is 25.5. The molecule has 6 nitrogen and oxygen atoms in total. The van der Waals surface area contributed by atoms with Crippen LogP contribution in [0.5, 0.6) is 0 Å². The van der Waals surface area contributed by atoms with Gasteiger partial charge < -0.3 is 20.5 Å². The quantitative estimate of drug-likeness (QED) is 0.243. The van der Waals surface area contributed by atoms with Gasteiger partial charge in [0.1, 0.15) is 6.07 Å². The molecule has 0 aliphatic heterocycles. The number of H-pyrrole nitrogens is 1. The Kier molecular flexibility index (Phi) is 8.17. The van der Waals surface area contributed by atoms with Crippen molar-refractivity contribution in [3.63, 3.8) is 0 Å². The highest BCUT2D eigenvalue weighted by Gasteiger charge is 2.13. The number of nitriles is 1. The van der Waals surface area contributed by atoms with Crippen LogP contribution in [-0.4, -0.2) is 42.1 Å².